The van der Waals surface area contributed by atoms with Gasteiger partial charge in [-0.1, -0.05) is 37.3 Å². The summed E-state index contributed by atoms with van der Waals surface area (Å²) in [6.07, 6.45) is 0.762. The Bertz CT molecular complexity index is 492. The first kappa shape index (κ1) is 10.7. The molecule has 2 rings (SSSR count). The number of halogens is 1. The fourth-order valence-corrected chi connectivity index (χ4v) is 1.78. The van der Waals surface area contributed by atoms with Gasteiger partial charge in [-0.15, -0.1) is 0 Å². The van der Waals surface area contributed by atoms with Gasteiger partial charge in [0.05, 0.1) is 0 Å². The van der Waals surface area contributed by atoms with E-state index in [2.05, 4.69) is 0 Å². The van der Waals surface area contributed by atoms with Gasteiger partial charge in [0, 0.05) is 0 Å². The molecule has 16 heavy (non-hydrogen) atoms. The van der Waals surface area contributed by atoms with Gasteiger partial charge in [-0.3, -0.25) is 0 Å². The molecule has 0 radical (unpaired) electrons. The maximum atomic E-state index is 13.3. The number of rotatable bonds is 2. The van der Waals surface area contributed by atoms with Crippen molar-refractivity contribution < 1.29 is 9.50 Å². The molecule has 0 amide bonds. The van der Waals surface area contributed by atoms with Crippen molar-refractivity contribution in [1.82, 2.24) is 0 Å². The lowest BCUT2D eigenvalue weighted by molar-refractivity contribution is 0.432. The van der Waals surface area contributed by atoms with Crippen LogP contribution >= 0.6 is 0 Å². The summed E-state index contributed by atoms with van der Waals surface area (Å²) in [5, 5.41) is 9.33. The normalized spacial score (nSPS) is 10.4. The van der Waals surface area contributed by atoms with Crippen LogP contribution in [0.3, 0.4) is 0 Å². The Labute approximate surface area is 94.2 Å². The van der Waals surface area contributed by atoms with Gasteiger partial charge in [0.1, 0.15) is 0 Å². The molecule has 0 saturated heterocycles. The zero-order chi connectivity index (χ0) is 11.5. The molecule has 2 aromatic rings. The maximum Gasteiger partial charge on any atom is 0.165 e. The summed E-state index contributed by atoms with van der Waals surface area (Å²) in [5.41, 5.74) is 2.77. The third kappa shape index (κ3) is 1.91. The van der Waals surface area contributed by atoms with Crippen LogP contribution in [0.5, 0.6) is 5.75 Å². The van der Waals surface area contributed by atoms with Crippen LogP contribution in [0.2, 0.25) is 0 Å². The van der Waals surface area contributed by atoms with E-state index >= 15 is 0 Å². The average molecular weight is 216 g/mol. The molecule has 0 heterocycles. The third-order valence-corrected chi connectivity index (χ3v) is 2.64. The van der Waals surface area contributed by atoms with Crippen molar-refractivity contribution in [3.8, 4) is 16.9 Å². The van der Waals surface area contributed by atoms with Crippen LogP contribution in [0, 0.1) is 5.82 Å². The standard InChI is InChI=1S/C14H13FO/c1-2-10-8-14(16)13(15)9-12(10)11-6-4-3-5-7-11/h3-9,16H,2H2,1H3. The Balaban J connectivity index is 2.60. The van der Waals surface area contributed by atoms with Gasteiger partial charge in [0.15, 0.2) is 11.6 Å². The van der Waals surface area contributed by atoms with Gasteiger partial charge < -0.3 is 5.11 Å². The first-order valence-corrected chi connectivity index (χ1v) is 5.29. The average Bonchev–Trinajstić information content (AvgIpc) is 2.33. The maximum absolute atomic E-state index is 13.3. The molecule has 1 N–H and O–H groups in total. The molecule has 1 nitrogen and oxygen atoms in total. The molecule has 0 spiro atoms. The summed E-state index contributed by atoms with van der Waals surface area (Å²) < 4.78 is 13.3. The predicted molar refractivity (Wildman–Crippen MR) is 62.9 cm³/mol. The van der Waals surface area contributed by atoms with Crippen molar-refractivity contribution >= 4 is 0 Å². The summed E-state index contributed by atoms with van der Waals surface area (Å²) >= 11 is 0. The number of aryl methyl sites for hydroxylation is 1. The lowest BCUT2D eigenvalue weighted by Crippen LogP contribution is -1.90. The number of hydrogen-bond donors (Lipinski definition) is 1. The summed E-state index contributed by atoms with van der Waals surface area (Å²) in [7, 11) is 0. The minimum Gasteiger partial charge on any atom is -0.505 e. The Kier molecular flexibility index (Phi) is 2.91. The van der Waals surface area contributed by atoms with Crippen LogP contribution in [0.4, 0.5) is 4.39 Å². The fourth-order valence-electron chi connectivity index (χ4n) is 1.78. The van der Waals surface area contributed by atoms with Gasteiger partial charge in [-0.05, 0) is 35.2 Å². The van der Waals surface area contributed by atoms with E-state index in [9.17, 15) is 9.50 Å². The first-order chi connectivity index (χ1) is 7.72. The molecular weight excluding hydrogens is 203 g/mol. The fraction of sp³-hybridized carbons (Fsp3) is 0.143. The number of hydrogen-bond acceptors (Lipinski definition) is 1. The zero-order valence-electron chi connectivity index (χ0n) is 9.07. The highest BCUT2D eigenvalue weighted by Crippen LogP contribution is 2.29. The predicted octanol–water partition coefficient (Wildman–Crippen LogP) is 3.76. The summed E-state index contributed by atoms with van der Waals surface area (Å²) in [6.45, 7) is 1.99. The summed E-state index contributed by atoms with van der Waals surface area (Å²) in [4.78, 5) is 0. The number of phenols is 1. The first-order valence-electron chi connectivity index (χ1n) is 5.29. The van der Waals surface area contributed by atoms with Crippen molar-refractivity contribution in [2.45, 2.75) is 13.3 Å². The van der Waals surface area contributed by atoms with E-state index in [-0.39, 0.29) is 5.75 Å². The third-order valence-electron chi connectivity index (χ3n) is 2.64. The molecular formula is C14H13FO. The second-order valence-corrected chi connectivity index (χ2v) is 3.68. The van der Waals surface area contributed by atoms with Crippen LogP contribution in [0.1, 0.15) is 12.5 Å². The molecule has 0 unspecified atom stereocenters. The van der Waals surface area contributed by atoms with E-state index in [0.29, 0.717) is 0 Å². The van der Waals surface area contributed by atoms with Crippen molar-refractivity contribution in [1.29, 1.82) is 0 Å². The van der Waals surface area contributed by atoms with Crippen molar-refractivity contribution in [3.05, 3.63) is 53.8 Å². The van der Waals surface area contributed by atoms with E-state index in [0.717, 1.165) is 23.1 Å². The number of phenolic OH excluding ortho intramolecular Hbond substituents is 1. The topological polar surface area (TPSA) is 20.2 Å². The molecule has 0 aliphatic rings. The summed E-state index contributed by atoms with van der Waals surface area (Å²) in [5.74, 6) is -0.854. The van der Waals surface area contributed by atoms with Crippen molar-refractivity contribution in [2.75, 3.05) is 0 Å². The van der Waals surface area contributed by atoms with Crippen LogP contribution in [-0.4, -0.2) is 5.11 Å². The second kappa shape index (κ2) is 4.35. The largest absolute Gasteiger partial charge is 0.505 e. The molecule has 0 aliphatic carbocycles. The van der Waals surface area contributed by atoms with E-state index in [1.54, 1.807) is 0 Å². The van der Waals surface area contributed by atoms with Crippen LogP contribution in [0.25, 0.3) is 11.1 Å². The second-order valence-electron chi connectivity index (χ2n) is 3.68. The van der Waals surface area contributed by atoms with Gasteiger partial charge in [0.25, 0.3) is 0 Å². The van der Waals surface area contributed by atoms with Gasteiger partial charge in [0.2, 0.25) is 0 Å². The molecule has 2 heteroatoms. The quantitative estimate of drug-likeness (QED) is 0.810. The lowest BCUT2D eigenvalue weighted by atomic mass is 9.97. The minimum absolute atomic E-state index is 0.281. The van der Waals surface area contributed by atoms with Gasteiger partial charge in [-0.25, -0.2) is 4.39 Å². The van der Waals surface area contributed by atoms with E-state index in [1.807, 2.05) is 37.3 Å². The minimum atomic E-state index is -0.573. The van der Waals surface area contributed by atoms with E-state index in [1.165, 1.54) is 12.1 Å². The zero-order valence-corrected chi connectivity index (χ0v) is 9.07. The van der Waals surface area contributed by atoms with Gasteiger partial charge in [-0.2, -0.15) is 0 Å². The number of benzene rings is 2. The lowest BCUT2D eigenvalue weighted by Gasteiger charge is -2.09. The van der Waals surface area contributed by atoms with Crippen LogP contribution in [0.15, 0.2) is 42.5 Å². The molecule has 0 aliphatic heterocycles. The Morgan fingerprint density at radius 1 is 1.12 bits per heavy atom. The SMILES string of the molecule is CCc1cc(O)c(F)cc1-c1ccccc1. The van der Waals surface area contributed by atoms with Crippen LogP contribution in [-0.2, 0) is 6.42 Å². The highest BCUT2D eigenvalue weighted by molar-refractivity contribution is 5.68. The molecule has 82 valence electrons. The smallest absolute Gasteiger partial charge is 0.165 e. The Hall–Kier alpha value is -1.83. The molecule has 2 aromatic carbocycles. The number of aromatic hydroxyl groups is 1. The van der Waals surface area contributed by atoms with Gasteiger partial charge >= 0.3 is 0 Å². The molecule has 0 aromatic heterocycles. The molecule has 0 saturated carbocycles. The van der Waals surface area contributed by atoms with Crippen molar-refractivity contribution in [2.24, 2.45) is 0 Å². The Morgan fingerprint density at radius 2 is 1.81 bits per heavy atom. The highest BCUT2D eigenvalue weighted by Gasteiger charge is 2.09. The Morgan fingerprint density at radius 3 is 2.44 bits per heavy atom. The molecule has 0 fully saturated rings. The van der Waals surface area contributed by atoms with Crippen LogP contribution < -0.4 is 0 Å². The molecule has 0 atom stereocenters. The molecule has 0 bridgehead atoms. The highest BCUT2D eigenvalue weighted by atomic mass is 19.1. The van der Waals surface area contributed by atoms with E-state index in [4.69, 9.17) is 0 Å². The van der Waals surface area contributed by atoms with E-state index < -0.39 is 5.82 Å². The monoisotopic (exact) mass is 216 g/mol. The summed E-state index contributed by atoms with van der Waals surface area (Å²) in [6, 6.07) is 12.5. The van der Waals surface area contributed by atoms with Crippen molar-refractivity contribution in [3.63, 3.8) is 0 Å².